The molecule has 0 N–H and O–H groups in total. The lowest BCUT2D eigenvalue weighted by Gasteiger charge is -2.34. The highest BCUT2D eigenvalue weighted by molar-refractivity contribution is 6.05. The molecule has 4 heteroatoms. The van der Waals surface area contributed by atoms with E-state index in [1.165, 1.54) is 6.08 Å². The van der Waals surface area contributed by atoms with Crippen LogP contribution in [0.4, 0.5) is 0 Å². The van der Waals surface area contributed by atoms with Crippen molar-refractivity contribution in [3.8, 4) is 0 Å². The van der Waals surface area contributed by atoms with Crippen molar-refractivity contribution >= 4 is 5.78 Å². The number of hydrogen-bond donors (Lipinski definition) is 0. The van der Waals surface area contributed by atoms with E-state index < -0.39 is 5.79 Å². The molecule has 1 spiro atoms. The van der Waals surface area contributed by atoms with Crippen molar-refractivity contribution < 1.29 is 19.0 Å². The van der Waals surface area contributed by atoms with Crippen LogP contribution in [0.25, 0.3) is 0 Å². The number of rotatable bonds is 2. The molecule has 0 amide bonds. The Hall–Kier alpha value is -0.870. The molecule has 1 aliphatic heterocycles. The maximum atomic E-state index is 11.2. The fourth-order valence-corrected chi connectivity index (χ4v) is 1.42. The van der Waals surface area contributed by atoms with Gasteiger partial charge in [-0.15, -0.1) is 0 Å². The van der Waals surface area contributed by atoms with Gasteiger partial charge in [0.25, 0.3) is 5.79 Å². The Bertz CT molecular complexity index is 261. The van der Waals surface area contributed by atoms with Crippen LogP contribution in [0.15, 0.2) is 11.8 Å². The summed E-state index contributed by atoms with van der Waals surface area (Å²) in [5.41, 5.74) is 0. The number of carbonyl (C=O) groups is 1. The van der Waals surface area contributed by atoms with E-state index in [-0.39, 0.29) is 11.9 Å². The molecule has 1 heterocycles. The average Bonchev–Trinajstić information content (AvgIpc) is 2.53. The first-order valence-corrected chi connectivity index (χ1v) is 4.36. The zero-order chi connectivity index (χ0) is 9.47. The molecule has 0 aromatic carbocycles. The molecule has 0 saturated carbocycles. The van der Waals surface area contributed by atoms with Crippen molar-refractivity contribution in [1.82, 2.24) is 0 Å². The smallest absolute Gasteiger partial charge is 0.293 e. The van der Waals surface area contributed by atoms with E-state index in [0.29, 0.717) is 19.0 Å². The lowest BCUT2D eigenvalue weighted by atomic mass is 9.97. The van der Waals surface area contributed by atoms with Gasteiger partial charge in [-0.05, 0) is 13.8 Å². The first kappa shape index (κ1) is 8.72. The molecular formula is C9H12O4. The fourth-order valence-electron chi connectivity index (χ4n) is 1.42. The SMILES string of the molecule is CC(C)OC1=CC(=O)C12OCCO2. The van der Waals surface area contributed by atoms with E-state index in [1.54, 1.807) is 0 Å². The van der Waals surface area contributed by atoms with E-state index in [2.05, 4.69) is 0 Å². The molecule has 1 saturated heterocycles. The van der Waals surface area contributed by atoms with Crippen LogP contribution in [0.1, 0.15) is 13.8 Å². The predicted molar refractivity (Wildman–Crippen MR) is 43.9 cm³/mol. The van der Waals surface area contributed by atoms with Crippen molar-refractivity contribution in [2.24, 2.45) is 0 Å². The van der Waals surface area contributed by atoms with Gasteiger partial charge in [-0.2, -0.15) is 0 Å². The molecule has 4 nitrogen and oxygen atoms in total. The zero-order valence-electron chi connectivity index (χ0n) is 7.70. The van der Waals surface area contributed by atoms with Crippen LogP contribution >= 0.6 is 0 Å². The first-order valence-electron chi connectivity index (χ1n) is 4.36. The summed E-state index contributed by atoms with van der Waals surface area (Å²) < 4.78 is 15.9. The third kappa shape index (κ3) is 1.17. The second kappa shape index (κ2) is 2.82. The van der Waals surface area contributed by atoms with Gasteiger partial charge in [-0.1, -0.05) is 0 Å². The van der Waals surface area contributed by atoms with Crippen molar-refractivity contribution in [2.45, 2.75) is 25.7 Å². The second-order valence-corrected chi connectivity index (χ2v) is 3.35. The van der Waals surface area contributed by atoms with Crippen molar-refractivity contribution in [2.75, 3.05) is 13.2 Å². The maximum absolute atomic E-state index is 11.2. The molecule has 1 aliphatic carbocycles. The molecule has 0 radical (unpaired) electrons. The highest BCUT2D eigenvalue weighted by Gasteiger charge is 2.56. The molecule has 1 fully saturated rings. The molecule has 2 aliphatic rings. The summed E-state index contributed by atoms with van der Waals surface area (Å²) in [4.78, 5) is 11.2. The quantitative estimate of drug-likeness (QED) is 0.631. The van der Waals surface area contributed by atoms with Crippen LogP contribution in [0.2, 0.25) is 0 Å². The lowest BCUT2D eigenvalue weighted by molar-refractivity contribution is -0.186. The van der Waals surface area contributed by atoms with E-state index in [9.17, 15) is 4.79 Å². The lowest BCUT2D eigenvalue weighted by Crippen LogP contribution is -2.49. The number of carbonyl (C=O) groups excluding carboxylic acids is 1. The minimum atomic E-state index is -1.18. The van der Waals surface area contributed by atoms with Gasteiger partial charge in [-0.25, -0.2) is 0 Å². The van der Waals surface area contributed by atoms with Gasteiger partial charge in [0.15, 0.2) is 5.76 Å². The summed E-state index contributed by atoms with van der Waals surface area (Å²) >= 11 is 0. The molecule has 0 aromatic heterocycles. The van der Waals surface area contributed by atoms with Crippen molar-refractivity contribution in [1.29, 1.82) is 0 Å². The molecule has 0 bridgehead atoms. The molecule has 2 rings (SSSR count). The normalized spacial score (nSPS) is 24.8. The van der Waals surface area contributed by atoms with Crippen LogP contribution in [0, 0.1) is 0 Å². The van der Waals surface area contributed by atoms with E-state index >= 15 is 0 Å². The van der Waals surface area contributed by atoms with Crippen LogP contribution in [0.5, 0.6) is 0 Å². The zero-order valence-corrected chi connectivity index (χ0v) is 7.70. The van der Waals surface area contributed by atoms with E-state index in [0.717, 1.165) is 0 Å². The maximum Gasteiger partial charge on any atom is 0.293 e. The molecule has 0 unspecified atom stereocenters. The largest absolute Gasteiger partial charge is 0.489 e. The van der Waals surface area contributed by atoms with Gasteiger partial charge < -0.3 is 14.2 Å². The summed E-state index contributed by atoms with van der Waals surface area (Å²) in [7, 11) is 0. The first-order chi connectivity index (χ1) is 6.15. The van der Waals surface area contributed by atoms with Crippen molar-refractivity contribution in [3.63, 3.8) is 0 Å². The van der Waals surface area contributed by atoms with Crippen LogP contribution in [0.3, 0.4) is 0 Å². The second-order valence-electron chi connectivity index (χ2n) is 3.35. The summed E-state index contributed by atoms with van der Waals surface area (Å²) in [6.07, 6.45) is 1.45. The van der Waals surface area contributed by atoms with Gasteiger partial charge >= 0.3 is 0 Å². The summed E-state index contributed by atoms with van der Waals surface area (Å²) in [5, 5.41) is 0. The minimum absolute atomic E-state index is 0.0315. The Morgan fingerprint density at radius 2 is 2.08 bits per heavy atom. The van der Waals surface area contributed by atoms with Gasteiger partial charge in [0.05, 0.1) is 19.3 Å². The van der Waals surface area contributed by atoms with Crippen LogP contribution in [-0.2, 0) is 19.0 Å². The number of ketones is 1. The Morgan fingerprint density at radius 1 is 1.46 bits per heavy atom. The van der Waals surface area contributed by atoms with E-state index in [1.807, 2.05) is 13.8 Å². The Balaban J connectivity index is 2.13. The average molecular weight is 184 g/mol. The molecule has 0 aromatic rings. The van der Waals surface area contributed by atoms with Gasteiger partial charge in [0, 0.05) is 6.08 Å². The number of ether oxygens (including phenoxy) is 3. The third-order valence-electron chi connectivity index (χ3n) is 1.97. The monoisotopic (exact) mass is 184 g/mol. The Kier molecular flexibility index (Phi) is 1.89. The Labute approximate surface area is 76.5 Å². The minimum Gasteiger partial charge on any atom is -0.489 e. The predicted octanol–water partition coefficient (Wildman–Crippen LogP) is 0.621. The standard InChI is InChI=1S/C9H12O4/c1-6(2)13-8-5-7(10)9(8)11-3-4-12-9/h5-6H,3-4H2,1-2H3. The Morgan fingerprint density at radius 3 is 2.54 bits per heavy atom. The molecular weight excluding hydrogens is 172 g/mol. The van der Waals surface area contributed by atoms with E-state index in [4.69, 9.17) is 14.2 Å². The highest BCUT2D eigenvalue weighted by Crippen LogP contribution is 2.38. The summed E-state index contributed by atoms with van der Waals surface area (Å²) in [6, 6.07) is 0. The summed E-state index contributed by atoms with van der Waals surface area (Å²) in [5.74, 6) is -0.824. The van der Waals surface area contributed by atoms with Gasteiger partial charge in [0.2, 0.25) is 5.78 Å². The molecule has 13 heavy (non-hydrogen) atoms. The van der Waals surface area contributed by atoms with Crippen LogP contribution < -0.4 is 0 Å². The highest BCUT2D eigenvalue weighted by atomic mass is 16.8. The third-order valence-corrected chi connectivity index (χ3v) is 1.97. The fraction of sp³-hybridized carbons (Fsp3) is 0.667. The summed E-state index contributed by atoms with van der Waals surface area (Å²) in [6.45, 7) is 4.69. The number of hydrogen-bond acceptors (Lipinski definition) is 4. The van der Waals surface area contributed by atoms with Crippen molar-refractivity contribution in [3.05, 3.63) is 11.8 Å². The molecule has 72 valence electrons. The van der Waals surface area contributed by atoms with Crippen LogP contribution in [-0.4, -0.2) is 30.9 Å². The topological polar surface area (TPSA) is 44.8 Å². The van der Waals surface area contributed by atoms with Gasteiger partial charge in [-0.3, -0.25) is 4.79 Å². The van der Waals surface area contributed by atoms with Gasteiger partial charge in [0.1, 0.15) is 0 Å². The molecule has 0 atom stereocenters.